The quantitative estimate of drug-likeness (QED) is 0.449. The maximum atomic E-state index is 6.38. The smallest absolute Gasteiger partial charge is 0.129 e. The molecule has 29 heavy (non-hydrogen) atoms. The summed E-state index contributed by atoms with van der Waals surface area (Å²) in [4.78, 5) is 4.72. The highest BCUT2D eigenvalue weighted by molar-refractivity contribution is 7.56. The Morgan fingerprint density at radius 3 is 2.62 bits per heavy atom. The Balaban J connectivity index is 1.86. The molecular weight excluding hydrogens is 373 g/mol. The average molecular weight is 406 g/mol. The fraction of sp³-hybridized carbons (Fsp3) is 0.346. The number of rotatable bonds is 6. The van der Waals surface area contributed by atoms with E-state index in [0.29, 0.717) is 14.5 Å². The Kier molecular flexibility index (Phi) is 7.09. The number of hydrogen-bond acceptors (Lipinski definition) is 2. The minimum Gasteiger partial charge on any atom is -0.492 e. The summed E-state index contributed by atoms with van der Waals surface area (Å²) >= 11 is 0. The fourth-order valence-corrected chi connectivity index (χ4v) is 4.76. The van der Waals surface area contributed by atoms with Crippen LogP contribution in [0, 0.1) is 19.8 Å². The molecular formula is C26H32NOP. The third-order valence-electron chi connectivity index (χ3n) is 4.75. The van der Waals surface area contributed by atoms with Gasteiger partial charge in [-0.2, -0.15) is 0 Å². The van der Waals surface area contributed by atoms with Crippen molar-refractivity contribution in [3.05, 3.63) is 77.4 Å². The van der Waals surface area contributed by atoms with Crippen molar-refractivity contribution in [2.24, 2.45) is 10.9 Å². The molecule has 0 spiro atoms. The van der Waals surface area contributed by atoms with Crippen molar-refractivity contribution in [1.29, 1.82) is 0 Å². The van der Waals surface area contributed by atoms with Crippen LogP contribution in [0.5, 0.6) is 5.75 Å². The Bertz CT molecular complexity index is 934. The number of ether oxygens (including phenoxy) is 1. The van der Waals surface area contributed by atoms with E-state index in [1.807, 2.05) is 6.21 Å². The van der Waals surface area contributed by atoms with Gasteiger partial charge < -0.3 is 4.74 Å². The molecule has 0 radical (unpaired) electrons. The lowest BCUT2D eigenvalue weighted by Crippen LogP contribution is -2.17. The monoisotopic (exact) mass is 405 g/mol. The minimum atomic E-state index is -0.0770. The van der Waals surface area contributed by atoms with Crippen molar-refractivity contribution in [3.63, 3.8) is 0 Å². The second kappa shape index (κ2) is 9.55. The first-order chi connectivity index (χ1) is 13.8. The van der Waals surface area contributed by atoms with Crippen molar-refractivity contribution in [2.75, 3.05) is 6.61 Å². The van der Waals surface area contributed by atoms with Gasteiger partial charge in [-0.05, 0) is 63.5 Å². The highest BCUT2D eigenvalue weighted by Gasteiger charge is 2.14. The van der Waals surface area contributed by atoms with Crippen LogP contribution in [-0.2, 0) is 0 Å². The van der Waals surface area contributed by atoms with Crippen molar-refractivity contribution >= 4 is 25.4 Å². The lowest BCUT2D eigenvalue weighted by Gasteiger charge is -2.19. The number of allylic oxidation sites excluding steroid dienone is 3. The zero-order chi connectivity index (χ0) is 20.9. The standard InChI is InChI=1S/C26H32NOP/c1-19-15-20(2)25(28-18-21-11-7-6-8-12-21)24(16-19)29-23-14-10-9-13-22(23)17-27-26(3,4)5/h6-11,13-17,21,29H,12,18H2,1-5H3/b27-17+. The second-order valence-corrected chi connectivity index (χ2v) is 10.0. The third kappa shape index (κ3) is 6.41. The maximum Gasteiger partial charge on any atom is 0.129 e. The third-order valence-corrected chi connectivity index (χ3v) is 6.12. The van der Waals surface area contributed by atoms with Gasteiger partial charge in [-0.25, -0.2) is 0 Å². The van der Waals surface area contributed by atoms with E-state index in [9.17, 15) is 0 Å². The van der Waals surface area contributed by atoms with Crippen molar-refractivity contribution < 1.29 is 4.74 Å². The number of benzene rings is 2. The molecule has 2 aromatic carbocycles. The number of aryl methyl sites for hydroxylation is 2. The van der Waals surface area contributed by atoms with Gasteiger partial charge in [-0.15, -0.1) is 0 Å². The van der Waals surface area contributed by atoms with E-state index >= 15 is 0 Å². The highest BCUT2D eigenvalue weighted by Crippen LogP contribution is 2.27. The molecule has 0 fully saturated rings. The summed E-state index contributed by atoms with van der Waals surface area (Å²) in [5.74, 6) is 1.49. The molecule has 0 amide bonds. The van der Waals surface area contributed by atoms with Gasteiger partial charge in [-0.3, -0.25) is 4.99 Å². The maximum absolute atomic E-state index is 6.38. The van der Waals surface area contributed by atoms with Gasteiger partial charge in [0.1, 0.15) is 5.75 Å². The van der Waals surface area contributed by atoms with Crippen LogP contribution < -0.4 is 15.3 Å². The molecule has 0 aromatic heterocycles. The summed E-state index contributed by atoms with van der Waals surface area (Å²) in [5, 5.41) is 2.57. The van der Waals surface area contributed by atoms with Crippen LogP contribution >= 0.6 is 8.58 Å². The predicted molar refractivity (Wildman–Crippen MR) is 129 cm³/mol. The summed E-state index contributed by atoms with van der Waals surface area (Å²) in [7, 11) is 0.531. The van der Waals surface area contributed by atoms with E-state index in [4.69, 9.17) is 9.73 Å². The van der Waals surface area contributed by atoms with E-state index in [1.165, 1.54) is 27.3 Å². The average Bonchev–Trinajstić information content (AvgIpc) is 2.67. The minimum absolute atomic E-state index is 0.0770. The molecule has 0 saturated carbocycles. The van der Waals surface area contributed by atoms with E-state index in [-0.39, 0.29) is 5.54 Å². The SMILES string of the molecule is Cc1cc(C)c(OCC2C=CC=CC2)c(Pc2ccccc2/C=N/C(C)(C)C)c1. The highest BCUT2D eigenvalue weighted by atomic mass is 31.1. The number of aliphatic imine (C=N–C) groups is 1. The van der Waals surface area contributed by atoms with Crippen LogP contribution in [0.15, 0.2) is 65.7 Å². The van der Waals surface area contributed by atoms with E-state index in [1.54, 1.807) is 0 Å². The first kappa shape index (κ1) is 21.5. The van der Waals surface area contributed by atoms with Crippen LogP contribution in [0.1, 0.15) is 43.9 Å². The van der Waals surface area contributed by atoms with E-state index in [2.05, 4.69) is 95.3 Å². The zero-order valence-corrected chi connectivity index (χ0v) is 19.2. The molecule has 2 aromatic rings. The summed E-state index contributed by atoms with van der Waals surface area (Å²) in [6.07, 6.45) is 11.7. The first-order valence-corrected chi connectivity index (χ1v) is 11.3. The Hall–Kier alpha value is -2.18. The van der Waals surface area contributed by atoms with Crippen LogP contribution in [0.25, 0.3) is 0 Å². The lowest BCUT2D eigenvalue weighted by atomic mass is 10.0. The largest absolute Gasteiger partial charge is 0.492 e. The normalized spacial score (nSPS) is 16.9. The topological polar surface area (TPSA) is 21.6 Å². The van der Waals surface area contributed by atoms with Crippen LogP contribution in [0.2, 0.25) is 0 Å². The van der Waals surface area contributed by atoms with Gasteiger partial charge in [0.25, 0.3) is 0 Å². The van der Waals surface area contributed by atoms with E-state index in [0.717, 1.165) is 18.8 Å². The number of hydrogen-bond donors (Lipinski definition) is 0. The van der Waals surface area contributed by atoms with Gasteiger partial charge >= 0.3 is 0 Å². The van der Waals surface area contributed by atoms with Crippen LogP contribution in [-0.4, -0.2) is 18.4 Å². The van der Waals surface area contributed by atoms with Crippen LogP contribution in [0.4, 0.5) is 0 Å². The first-order valence-electron chi connectivity index (χ1n) is 10.3. The van der Waals surface area contributed by atoms with Crippen molar-refractivity contribution in [1.82, 2.24) is 0 Å². The van der Waals surface area contributed by atoms with Gasteiger partial charge in [0.15, 0.2) is 0 Å². The van der Waals surface area contributed by atoms with Gasteiger partial charge in [0, 0.05) is 23.0 Å². The predicted octanol–water partition coefficient (Wildman–Crippen LogP) is 5.66. The Morgan fingerprint density at radius 1 is 1.10 bits per heavy atom. The molecule has 152 valence electrons. The fourth-order valence-electron chi connectivity index (χ4n) is 3.32. The summed E-state index contributed by atoms with van der Waals surface area (Å²) in [6.45, 7) is 11.4. The molecule has 2 nitrogen and oxygen atoms in total. The van der Waals surface area contributed by atoms with Crippen LogP contribution in [0.3, 0.4) is 0 Å². The lowest BCUT2D eigenvalue weighted by molar-refractivity contribution is 0.276. The van der Waals surface area contributed by atoms with E-state index < -0.39 is 0 Å². The van der Waals surface area contributed by atoms with Crippen molar-refractivity contribution in [2.45, 2.75) is 46.6 Å². The molecule has 0 heterocycles. The summed E-state index contributed by atoms with van der Waals surface area (Å²) in [6, 6.07) is 13.0. The Morgan fingerprint density at radius 2 is 1.90 bits per heavy atom. The molecule has 3 heteroatoms. The molecule has 0 aliphatic heterocycles. The van der Waals surface area contributed by atoms with Gasteiger partial charge in [0.2, 0.25) is 0 Å². The summed E-state index contributed by atoms with van der Waals surface area (Å²) in [5.41, 5.74) is 3.60. The molecule has 2 atom stereocenters. The molecule has 1 aliphatic carbocycles. The van der Waals surface area contributed by atoms with Crippen molar-refractivity contribution in [3.8, 4) is 5.75 Å². The Labute approximate surface area is 177 Å². The molecule has 2 unspecified atom stereocenters. The van der Waals surface area contributed by atoms with Gasteiger partial charge in [-0.1, -0.05) is 63.2 Å². The molecule has 0 bridgehead atoms. The molecule has 0 N–H and O–H groups in total. The molecule has 0 saturated heterocycles. The summed E-state index contributed by atoms with van der Waals surface area (Å²) < 4.78 is 6.38. The second-order valence-electron chi connectivity index (χ2n) is 8.72. The zero-order valence-electron chi connectivity index (χ0n) is 18.2. The number of nitrogens with zero attached hydrogens (tertiary/aromatic N) is 1. The molecule has 1 aliphatic rings. The molecule has 3 rings (SSSR count). The van der Waals surface area contributed by atoms with Gasteiger partial charge in [0.05, 0.1) is 12.1 Å².